The van der Waals surface area contributed by atoms with Crippen LogP contribution in [0.3, 0.4) is 0 Å². The third-order valence-corrected chi connectivity index (χ3v) is 4.28. The Kier molecular flexibility index (Phi) is 5.25. The smallest absolute Gasteiger partial charge is 0.264 e. The van der Waals surface area contributed by atoms with Crippen molar-refractivity contribution in [2.24, 2.45) is 5.41 Å². The number of nitrogens with zero attached hydrogens (tertiary/aromatic N) is 2. The van der Waals surface area contributed by atoms with Crippen LogP contribution >= 0.6 is 0 Å². The van der Waals surface area contributed by atoms with E-state index in [2.05, 4.69) is 19.9 Å². The van der Waals surface area contributed by atoms with Gasteiger partial charge in [0, 0.05) is 29.6 Å². The lowest BCUT2D eigenvalue weighted by Gasteiger charge is -2.23. The summed E-state index contributed by atoms with van der Waals surface area (Å²) in [5, 5.41) is 22.8. The monoisotopic (exact) mass is 296 g/mol. The Hall–Kier alpha value is -1.72. The minimum Gasteiger partial charge on any atom is -0.264 e. The van der Waals surface area contributed by atoms with Gasteiger partial charge in [-0.15, -0.1) is 0 Å². The lowest BCUT2D eigenvalue weighted by molar-refractivity contribution is -0.650. The van der Waals surface area contributed by atoms with Gasteiger partial charge in [-0.2, -0.15) is 0 Å². The van der Waals surface area contributed by atoms with Gasteiger partial charge in [0.15, 0.2) is 0 Å². The van der Waals surface area contributed by atoms with E-state index in [1.165, 1.54) is 6.92 Å². The summed E-state index contributed by atoms with van der Waals surface area (Å²) in [6.07, 6.45) is 7.36. The molecule has 6 nitrogen and oxygen atoms in total. The lowest BCUT2D eigenvalue weighted by atomic mass is 9.85. The number of hydrogen-bond acceptors (Lipinski definition) is 4. The van der Waals surface area contributed by atoms with Gasteiger partial charge in [0.1, 0.15) is 0 Å². The van der Waals surface area contributed by atoms with E-state index in [0.717, 1.165) is 12.0 Å². The third-order valence-electron chi connectivity index (χ3n) is 4.28. The molecule has 2 unspecified atom stereocenters. The Morgan fingerprint density at radius 2 is 1.81 bits per heavy atom. The normalized spacial score (nSPS) is 30.1. The Bertz CT molecular complexity index is 482. The highest BCUT2D eigenvalue weighted by Gasteiger charge is 2.52. The van der Waals surface area contributed by atoms with Crippen molar-refractivity contribution in [3.05, 3.63) is 44.0 Å². The zero-order valence-electron chi connectivity index (χ0n) is 13.2. The van der Waals surface area contributed by atoms with Gasteiger partial charge >= 0.3 is 0 Å². The summed E-state index contributed by atoms with van der Waals surface area (Å²) in [6.45, 7) is 7.42. The van der Waals surface area contributed by atoms with Crippen LogP contribution in [0.2, 0.25) is 0 Å². The summed E-state index contributed by atoms with van der Waals surface area (Å²) in [5.41, 5.74) is -0.621. The number of hydrogen-bond donors (Lipinski definition) is 0. The van der Waals surface area contributed by atoms with Crippen LogP contribution in [0.1, 0.15) is 53.4 Å². The van der Waals surface area contributed by atoms with E-state index in [4.69, 9.17) is 0 Å². The fourth-order valence-electron chi connectivity index (χ4n) is 2.56. The topological polar surface area (TPSA) is 86.3 Å². The van der Waals surface area contributed by atoms with Gasteiger partial charge in [0.05, 0.1) is 0 Å². The maximum absolute atomic E-state index is 11.4. The predicted molar refractivity (Wildman–Crippen MR) is 81.3 cm³/mol. The minimum absolute atomic E-state index is 0.0775. The van der Waals surface area contributed by atoms with Gasteiger partial charge in [0.2, 0.25) is 0 Å². The summed E-state index contributed by atoms with van der Waals surface area (Å²) in [6, 6.07) is -1.18. The molecule has 0 saturated heterocycles. The Balaban J connectivity index is 3.22. The minimum atomic E-state index is -1.57. The summed E-state index contributed by atoms with van der Waals surface area (Å²) >= 11 is 0. The van der Waals surface area contributed by atoms with E-state index in [0.29, 0.717) is 6.42 Å². The molecule has 21 heavy (non-hydrogen) atoms. The average Bonchev–Trinajstić information content (AvgIpc) is 2.36. The molecule has 0 bridgehead atoms. The van der Waals surface area contributed by atoms with Crippen molar-refractivity contribution in [3.8, 4) is 0 Å². The second-order valence-electron chi connectivity index (χ2n) is 6.80. The second kappa shape index (κ2) is 6.37. The maximum Gasteiger partial charge on any atom is 0.288 e. The highest BCUT2D eigenvalue weighted by atomic mass is 16.6. The first kappa shape index (κ1) is 17.3. The quantitative estimate of drug-likeness (QED) is 0.441. The van der Waals surface area contributed by atoms with E-state index < -0.39 is 21.4 Å². The van der Waals surface area contributed by atoms with Crippen LogP contribution in [0.25, 0.3) is 0 Å². The highest BCUT2D eigenvalue weighted by molar-refractivity contribution is 5.08. The van der Waals surface area contributed by atoms with Gasteiger partial charge < -0.3 is 0 Å². The van der Waals surface area contributed by atoms with Crippen LogP contribution in [-0.2, 0) is 0 Å². The predicted octanol–water partition coefficient (Wildman–Crippen LogP) is 3.77. The average molecular weight is 296 g/mol. The zero-order chi connectivity index (χ0) is 16.3. The van der Waals surface area contributed by atoms with E-state index in [1.807, 2.05) is 13.0 Å². The van der Waals surface area contributed by atoms with Crippen LogP contribution in [0, 0.1) is 25.6 Å². The molecular weight excluding hydrogens is 272 g/mol. The van der Waals surface area contributed by atoms with Crippen molar-refractivity contribution in [2.75, 3.05) is 0 Å². The largest absolute Gasteiger partial charge is 0.288 e. The van der Waals surface area contributed by atoms with Crippen molar-refractivity contribution < 1.29 is 9.85 Å². The first-order valence-corrected chi connectivity index (χ1v) is 7.20. The van der Waals surface area contributed by atoms with Crippen LogP contribution in [0.4, 0.5) is 0 Å². The van der Waals surface area contributed by atoms with Crippen molar-refractivity contribution in [2.45, 2.75) is 65.0 Å². The Morgan fingerprint density at radius 1 is 1.19 bits per heavy atom. The first-order chi connectivity index (χ1) is 9.58. The molecule has 1 aliphatic rings. The Labute approximate surface area is 125 Å². The summed E-state index contributed by atoms with van der Waals surface area (Å²) in [4.78, 5) is 21.8. The number of rotatable bonds is 2. The SMILES string of the molecule is CC1=CCC(C)(C)C=CCC(C)([N+](=O)[O-])C([N+](=O)[O-])CC1. The molecule has 6 heteroatoms. The van der Waals surface area contributed by atoms with Crippen molar-refractivity contribution >= 4 is 0 Å². The first-order valence-electron chi connectivity index (χ1n) is 7.20. The lowest BCUT2D eigenvalue weighted by Crippen LogP contribution is -2.50. The summed E-state index contributed by atoms with van der Waals surface area (Å²) in [7, 11) is 0. The van der Waals surface area contributed by atoms with Gasteiger partial charge in [-0.1, -0.05) is 37.6 Å². The van der Waals surface area contributed by atoms with Crippen LogP contribution < -0.4 is 0 Å². The second-order valence-corrected chi connectivity index (χ2v) is 6.80. The molecule has 0 aromatic heterocycles. The zero-order valence-corrected chi connectivity index (χ0v) is 13.2. The van der Waals surface area contributed by atoms with Gasteiger partial charge in [-0.3, -0.25) is 20.2 Å². The molecular formula is C15H24N2O4. The molecule has 0 heterocycles. The molecule has 0 amide bonds. The fourth-order valence-corrected chi connectivity index (χ4v) is 2.56. The van der Waals surface area contributed by atoms with E-state index >= 15 is 0 Å². The molecule has 0 spiro atoms. The van der Waals surface area contributed by atoms with Crippen molar-refractivity contribution in [1.29, 1.82) is 0 Å². The van der Waals surface area contributed by atoms with Crippen LogP contribution in [0.5, 0.6) is 0 Å². The molecule has 0 fully saturated rings. The molecule has 0 aliphatic heterocycles. The van der Waals surface area contributed by atoms with Crippen LogP contribution in [0.15, 0.2) is 23.8 Å². The summed E-state index contributed by atoms with van der Waals surface area (Å²) in [5.74, 6) is 0. The van der Waals surface area contributed by atoms with E-state index in [9.17, 15) is 20.2 Å². The number of allylic oxidation sites excluding steroid dienone is 3. The van der Waals surface area contributed by atoms with E-state index in [1.54, 1.807) is 6.08 Å². The third kappa shape index (κ3) is 4.37. The Morgan fingerprint density at radius 3 is 2.33 bits per heavy atom. The molecule has 0 N–H and O–H groups in total. The van der Waals surface area contributed by atoms with Crippen molar-refractivity contribution in [3.63, 3.8) is 0 Å². The van der Waals surface area contributed by atoms with Gasteiger partial charge in [-0.05, 0) is 25.2 Å². The maximum atomic E-state index is 11.4. The molecule has 2 atom stereocenters. The molecule has 0 saturated carbocycles. The van der Waals surface area contributed by atoms with Crippen molar-refractivity contribution in [1.82, 2.24) is 0 Å². The van der Waals surface area contributed by atoms with Gasteiger partial charge in [-0.25, -0.2) is 0 Å². The molecule has 1 aliphatic carbocycles. The van der Waals surface area contributed by atoms with E-state index in [-0.39, 0.29) is 18.3 Å². The summed E-state index contributed by atoms with van der Waals surface area (Å²) < 4.78 is 0. The standard InChI is InChI=1S/C15H24N2O4/c1-12-6-7-13(16(18)19)15(4,17(20)21)10-5-9-14(2,3)11-8-12/h5,8-9,13H,6-7,10-11H2,1-4H3. The number of nitro groups is 2. The molecule has 1 rings (SSSR count). The highest BCUT2D eigenvalue weighted by Crippen LogP contribution is 2.31. The fraction of sp³-hybridized carbons (Fsp3) is 0.733. The molecule has 0 radical (unpaired) electrons. The molecule has 118 valence electrons. The van der Waals surface area contributed by atoms with Gasteiger partial charge in [0.25, 0.3) is 11.6 Å². The molecule has 0 aromatic rings. The van der Waals surface area contributed by atoms with Crippen LogP contribution in [-0.4, -0.2) is 21.4 Å². The molecule has 0 aromatic carbocycles.